The number of amides is 2. The molecule has 0 aliphatic carbocycles. The van der Waals surface area contributed by atoms with Crippen molar-refractivity contribution < 1.29 is 9.59 Å². The molecule has 1 N–H and O–H groups in total. The highest BCUT2D eigenvalue weighted by molar-refractivity contribution is 9.10. The summed E-state index contributed by atoms with van der Waals surface area (Å²) in [4.78, 5) is 31.7. The van der Waals surface area contributed by atoms with Crippen molar-refractivity contribution >= 4 is 38.8 Å². The number of hydrogen-bond acceptors (Lipinski definition) is 3. The average molecular weight is 469 g/mol. The first-order valence-electron chi connectivity index (χ1n) is 10.4. The zero-order valence-corrected chi connectivity index (χ0v) is 18.4. The highest BCUT2D eigenvalue weighted by Crippen LogP contribution is 2.18. The van der Waals surface area contributed by atoms with E-state index >= 15 is 0 Å². The molecule has 2 heterocycles. The average Bonchev–Trinajstić information content (AvgIpc) is 3.40. The van der Waals surface area contributed by atoms with Gasteiger partial charge in [-0.15, -0.1) is 0 Å². The lowest BCUT2D eigenvalue weighted by atomic mass is 10.2. The second-order valence-electron chi connectivity index (χ2n) is 7.56. The summed E-state index contributed by atoms with van der Waals surface area (Å²) in [5.74, 6) is 0.960. The summed E-state index contributed by atoms with van der Waals surface area (Å²) in [5, 5.41) is 2.96. The Balaban J connectivity index is 1.40. The van der Waals surface area contributed by atoms with Crippen molar-refractivity contribution in [2.45, 2.75) is 32.2 Å². The van der Waals surface area contributed by atoms with E-state index in [1.54, 1.807) is 12.1 Å². The molecule has 1 saturated heterocycles. The van der Waals surface area contributed by atoms with E-state index in [0.29, 0.717) is 25.1 Å². The summed E-state index contributed by atoms with van der Waals surface area (Å²) in [6.45, 7) is 2.57. The van der Waals surface area contributed by atoms with Crippen LogP contribution in [0.25, 0.3) is 11.0 Å². The number of carbonyl (C=O) groups is 2. The van der Waals surface area contributed by atoms with Gasteiger partial charge in [-0.05, 0) is 55.7 Å². The van der Waals surface area contributed by atoms with E-state index in [-0.39, 0.29) is 11.8 Å². The summed E-state index contributed by atoms with van der Waals surface area (Å²) in [6.07, 6.45) is 3.62. The number of benzene rings is 2. The van der Waals surface area contributed by atoms with Crippen LogP contribution in [0, 0.1) is 0 Å². The minimum Gasteiger partial charge on any atom is -0.352 e. The van der Waals surface area contributed by atoms with Gasteiger partial charge in [0.1, 0.15) is 12.4 Å². The Morgan fingerprint density at radius 1 is 1.03 bits per heavy atom. The van der Waals surface area contributed by atoms with Crippen molar-refractivity contribution in [2.24, 2.45) is 0 Å². The second kappa shape index (κ2) is 9.43. The van der Waals surface area contributed by atoms with Crippen LogP contribution in [-0.4, -0.2) is 45.9 Å². The Kier molecular flexibility index (Phi) is 6.47. The summed E-state index contributed by atoms with van der Waals surface area (Å²) in [7, 11) is 0. The molecule has 1 aliphatic heterocycles. The third kappa shape index (κ3) is 4.73. The third-order valence-corrected chi connectivity index (χ3v) is 5.98. The van der Waals surface area contributed by atoms with E-state index in [2.05, 4.69) is 21.2 Å². The number of nitrogens with zero attached hydrogens (tertiary/aromatic N) is 3. The van der Waals surface area contributed by atoms with Crippen LogP contribution in [0.3, 0.4) is 0 Å². The number of carbonyl (C=O) groups excluding carboxylic acids is 2. The zero-order chi connectivity index (χ0) is 20.9. The standard InChI is InChI=1S/C23H25BrN4O2/c24-18-11-9-17(10-12-18)23(30)25-13-5-8-21-26-19-6-1-2-7-20(19)28(21)16-22(29)27-14-3-4-15-27/h1-2,6-7,9-12H,3-5,8,13-16H2,(H,25,30). The van der Waals surface area contributed by atoms with Crippen LogP contribution in [-0.2, 0) is 17.8 Å². The second-order valence-corrected chi connectivity index (χ2v) is 8.47. The number of fused-ring (bicyclic) bond motifs is 1. The number of imidazole rings is 1. The van der Waals surface area contributed by atoms with E-state index in [4.69, 9.17) is 4.98 Å². The number of aromatic nitrogens is 2. The molecular weight excluding hydrogens is 444 g/mol. The van der Waals surface area contributed by atoms with Crippen molar-refractivity contribution in [3.63, 3.8) is 0 Å². The van der Waals surface area contributed by atoms with Crippen LogP contribution >= 0.6 is 15.9 Å². The predicted octanol–water partition coefficient (Wildman–Crippen LogP) is 3.78. The predicted molar refractivity (Wildman–Crippen MR) is 120 cm³/mol. The Hall–Kier alpha value is -2.67. The van der Waals surface area contributed by atoms with Gasteiger partial charge in [0.25, 0.3) is 5.91 Å². The number of hydrogen-bond donors (Lipinski definition) is 1. The summed E-state index contributed by atoms with van der Waals surface area (Å²) < 4.78 is 2.98. The molecular formula is C23H25BrN4O2. The molecule has 0 radical (unpaired) electrons. The van der Waals surface area contributed by atoms with Crippen LogP contribution in [0.2, 0.25) is 0 Å². The molecule has 3 aromatic rings. The van der Waals surface area contributed by atoms with Gasteiger partial charge in [-0.1, -0.05) is 28.1 Å². The molecule has 4 rings (SSSR count). The largest absolute Gasteiger partial charge is 0.352 e. The van der Waals surface area contributed by atoms with Gasteiger partial charge in [0.05, 0.1) is 11.0 Å². The van der Waals surface area contributed by atoms with Crippen molar-refractivity contribution in [1.82, 2.24) is 19.8 Å². The molecule has 0 atom stereocenters. The Morgan fingerprint density at radius 3 is 2.53 bits per heavy atom. The van der Waals surface area contributed by atoms with E-state index < -0.39 is 0 Å². The highest BCUT2D eigenvalue weighted by Gasteiger charge is 2.20. The first-order valence-corrected chi connectivity index (χ1v) is 11.2. The molecule has 6 nitrogen and oxygen atoms in total. The zero-order valence-electron chi connectivity index (χ0n) is 16.8. The van der Waals surface area contributed by atoms with Crippen molar-refractivity contribution in [3.8, 4) is 0 Å². The van der Waals surface area contributed by atoms with E-state index in [1.807, 2.05) is 45.9 Å². The third-order valence-electron chi connectivity index (χ3n) is 5.45. The van der Waals surface area contributed by atoms with Crippen molar-refractivity contribution in [3.05, 3.63) is 64.4 Å². The topological polar surface area (TPSA) is 67.2 Å². The molecule has 1 aliphatic rings. The first kappa shape index (κ1) is 20.6. The van der Waals surface area contributed by atoms with Gasteiger partial charge < -0.3 is 14.8 Å². The van der Waals surface area contributed by atoms with Gasteiger partial charge in [0.15, 0.2) is 0 Å². The van der Waals surface area contributed by atoms with Gasteiger partial charge >= 0.3 is 0 Å². The van der Waals surface area contributed by atoms with Crippen LogP contribution in [0.15, 0.2) is 53.0 Å². The molecule has 0 saturated carbocycles. The molecule has 0 spiro atoms. The number of halogens is 1. The van der Waals surface area contributed by atoms with Gasteiger partial charge in [-0.2, -0.15) is 0 Å². The SMILES string of the molecule is O=C(NCCCc1nc2ccccc2n1CC(=O)N1CCCC1)c1ccc(Br)cc1. The summed E-state index contributed by atoms with van der Waals surface area (Å²) >= 11 is 3.38. The number of rotatable bonds is 7. The normalized spacial score (nSPS) is 13.7. The van der Waals surface area contributed by atoms with Crippen molar-refractivity contribution in [1.29, 1.82) is 0 Å². The number of para-hydroxylation sites is 2. The van der Waals surface area contributed by atoms with Gasteiger partial charge in [-0.3, -0.25) is 9.59 Å². The van der Waals surface area contributed by atoms with Gasteiger partial charge in [-0.25, -0.2) is 4.98 Å². The van der Waals surface area contributed by atoms with Gasteiger partial charge in [0.2, 0.25) is 5.91 Å². The fourth-order valence-corrected chi connectivity index (χ4v) is 4.11. The Bertz CT molecular complexity index is 1040. The lowest BCUT2D eigenvalue weighted by Crippen LogP contribution is -2.31. The summed E-state index contributed by atoms with van der Waals surface area (Å²) in [6, 6.07) is 15.2. The minimum absolute atomic E-state index is 0.0831. The van der Waals surface area contributed by atoms with Crippen molar-refractivity contribution in [2.75, 3.05) is 19.6 Å². The molecule has 2 aromatic carbocycles. The minimum atomic E-state index is -0.0831. The number of aryl methyl sites for hydroxylation is 1. The quantitative estimate of drug-likeness (QED) is 0.536. The van der Waals surface area contributed by atoms with E-state index in [0.717, 1.165) is 53.7 Å². The maximum absolute atomic E-state index is 12.7. The summed E-state index contributed by atoms with van der Waals surface area (Å²) in [5.41, 5.74) is 2.53. The Labute approximate surface area is 184 Å². The molecule has 30 heavy (non-hydrogen) atoms. The van der Waals surface area contributed by atoms with Gasteiger partial charge in [0, 0.05) is 36.1 Å². The van der Waals surface area contributed by atoms with Crippen LogP contribution in [0.1, 0.15) is 35.4 Å². The fourth-order valence-electron chi connectivity index (χ4n) is 3.85. The fraction of sp³-hybridized carbons (Fsp3) is 0.348. The van der Waals surface area contributed by atoms with E-state index in [1.165, 1.54) is 0 Å². The van der Waals surface area contributed by atoms with Crippen LogP contribution in [0.4, 0.5) is 0 Å². The van der Waals surface area contributed by atoms with Crippen LogP contribution < -0.4 is 5.32 Å². The maximum atomic E-state index is 12.7. The van der Waals surface area contributed by atoms with Crippen LogP contribution in [0.5, 0.6) is 0 Å². The molecule has 1 aromatic heterocycles. The highest BCUT2D eigenvalue weighted by atomic mass is 79.9. The first-order chi connectivity index (χ1) is 14.6. The monoisotopic (exact) mass is 468 g/mol. The number of nitrogens with one attached hydrogen (secondary N) is 1. The molecule has 2 amide bonds. The molecule has 156 valence electrons. The lowest BCUT2D eigenvalue weighted by Gasteiger charge is -2.17. The number of likely N-dealkylation sites (tertiary alicyclic amines) is 1. The molecule has 0 unspecified atom stereocenters. The maximum Gasteiger partial charge on any atom is 0.251 e. The molecule has 0 bridgehead atoms. The Morgan fingerprint density at radius 2 is 1.77 bits per heavy atom. The molecule has 1 fully saturated rings. The smallest absolute Gasteiger partial charge is 0.251 e. The lowest BCUT2D eigenvalue weighted by molar-refractivity contribution is -0.130. The van der Waals surface area contributed by atoms with E-state index in [9.17, 15) is 9.59 Å². The molecule has 7 heteroatoms.